The van der Waals surface area contributed by atoms with E-state index in [1.807, 2.05) is 12.1 Å². The molecule has 0 unspecified atom stereocenters. The molecular formula is C12H17N3O. The molecule has 0 radical (unpaired) electrons. The van der Waals surface area contributed by atoms with Gasteiger partial charge >= 0.3 is 6.03 Å². The van der Waals surface area contributed by atoms with Crippen molar-refractivity contribution in [3.05, 3.63) is 29.8 Å². The summed E-state index contributed by atoms with van der Waals surface area (Å²) in [6.45, 7) is 5.22. The number of carbonyl (C=O) groups is 1. The van der Waals surface area contributed by atoms with Gasteiger partial charge in [0.25, 0.3) is 0 Å². The average Bonchev–Trinajstić information content (AvgIpc) is 2.47. The van der Waals surface area contributed by atoms with Crippen LogP contribution < -0.4 is 10.6 Å². The van der Waals surface area contributed by atoms with Crippen molar-refractivity contribution in [2.24, 2.45) is 5.73 Å². The average molecular weight is 219 g/mol. The van der Waals surface area contributed by atoms with Crippen LogP contribution in [0.4, 0.5) is 10.5 Å². The lowest BCUT2D eigenvalue weighted by Gasteiger charge is -2.22. The number of nitrogens with zero attached hydrogens (tertiary/aromatic N) is 2. The topological polar surface area (TPSA) is 49.6 Å². The van der Waals surface area contributed by atoms with Crippen LogP contribution in [0.15, 0.2) is 24.3 Å². The van der Waals surface area contributed by atoms with Gasteiger partial charge in [0.15, 0.2) is 0 Å². The van der Waals surface area contributed by atoms with Gasteiger partial charge in [-0.15, -0.1) is 0 Å². The standard InChI is InChI=1S/C12H17N3O/c1-2-14-7-8-15(12(13)16)9-10-5-3-4-6-11(10)14/h3-6H,2,7-9H2,1H3,(H2,13,16). The van der Waals surface area contributed by atoms with E-state index in [0.29, 0.717) is 13.1 Å². The minimum atomic E-state index is -0.340. The highest BCUT2D eigenvalue weighted by Crippen LogP contribution is 2.24. The highest BCUT2D eigenvalue weighted by molar-refractivity contribution is 5.73. The van der Waals surface area contributed by atoms with Crippen LogP contribution in [0, 0.1) is 0 Å². The number of carbonyl (C=O) groups excluding carboxylic acids is 1. The van der Waals surface area contributed by atoms with Crippen molar-refractivity contribution in [2.45, 2.75) is 13.5 Å². The minimum Gasteiger partial charge on any atom is -0.370 e. The normalized spacial score (nSPS) is 15.6. The number of amides is 2. The maximum Gasteiger partial charge on any atom is 0.315 e. The van der Waals surface area contributed by atoms with Gasteiger partial charge in [-0.25, -0.2) is 4.79 Å². The molecular weight excluding hydrogens is 202 g/mol. The zero-order valence-corrected chi connectivity index (χ0v) is 9.52. The van der Waals surface area contributed by atoms with Gasteiger partial charge in [0.2, 0.25) is 0 Å². The molecule has 1 aromatic carbocycles. The highest BCUT2D eigenvalue weighted by Gasteiger charge is 2.19. The van der Waals surface area contributed by atoms with Crippen molar-refractivity contribution in [3.8, 4) is 0 Å². The van der Waals surface area contributed by atoms with Crippen molar-refractivity contribution >= 4 is 11.7 Å². The van der Waals surface area contributed by atoms with Gasteiger partial charge in [-0.1, -0.05) is 18.2 Å². The number of likely N-dealkylation sites (N-methyl/N-ethyl adjacent to an activating group) is 1. The quantitative estimate of drug-likeness (QED) is 0.776. The molecule has 4 nitrogen and oxygen atoms in total. The van der Waals surface area contributed by atoms with E-state index in [1.165, 1.54) is 11.3 Å². The van der Waals surface area contributed by atoms with Crippen LogP contribution in [0.25, 0.3) is 0 Å². The van der Waals surface area contributed by atoms with Crippen molar-refractivity contribution < 1.29 is 4.79 Å². The summed E-state index contributed by atoms with van der Waals surface area (Å²) in [7, 11) is 0. The van der Waals surface area contributed by atoms with Gasteiger partial charge in [0.05, 0.1) is 0 Å². The van der Waals surface area contributed by atoms with E-state index in [2.05, 4.69) is 24.0 Å². The third-order valence-corrected chi connectivity index (χ3v) is 3.03. The van der Waals surface area contributed by atoms with E-state index >= 15 is 0 Å². The third kappa shape index (κ3) is 1.96. The first kappa shape index (κ1) is 10.8. The fourth-order valence-corrected chi connectivity index (χ4v) is 2.12. The van der Waals surface area contributed by atoms with E-state index in [4.69, 9.17) is 5.73 Å². The fourth-order valence-electron chi connectivity index (χ4n) is 2.12. The zero-order valence-electron chi connectivity index (χ0n) is 9.52. The Morgan fingerprint density at radius 3 is 2.81 bits per heavy atom. The summed E-state index contributed by atoms with van der Waals surface area (Å²) in [4.78, 5) is 15.2. The Bertz CT molecular complexity index is 392. The lowest BCUT2D eigenvalue weighted by atomic mass is 10.1. The summed E-state index contributed by atoms with van der Waals surface area (Å²) in [5.74, 6) is 0. The molecule has 0 aromatic heterocycles. The Balaban J connectivity index is 2.33. The van der Waals surface area contributed by atoms with Crippen LogP contribution in [-0.2, 0) is 6.54 Å². The second kappa shape index (κ2) is 4.43. The van der Waals surface area contributed by atoms with E-state index in [9.17, 15) is 4.79 Å². The van der Waals surface area contributed by atoms with Gasteiger partial charge < -0.3 is 15.5 Å². The summed E-state index contributed by atoms with van der Waals surface area (Å²) in [6.07, 6.45) is 0. The molecule has 0 bridgehead atoms. The largest absolute Gasteiger partial charge is 0.370 e. The number of anilines is 1. The molecule has 0 saturated heterocycles. The molecule has 1 aliphatic heterocycles. The minimum absolute atomic E-state index is 0.340. The first-order chi connectivity index (χ1) is 7.72. The maximum absolute atomic E-state index is 11.2. The van der Waals surface area contributed by atoms with E-state index in [-0.39, 0.29) is 6.03 Å². The second-order valence-corrected chi connectivity index (χ2v) is 3.97. The molecule has 0 saturated carbocycles. The van der Waals surface area contributed by atoms with Crippen LogP contribution >= 0.6 is 0 Å². The smallest absolute Gasteiger partial charge is 0.315 e. The van der Waals surface area contributed by atoms with E-state index < -0.39 is 0 Å². The Labute approximate surface area is 95.6 Å². The van der Waals surface area contributed by atoms with Gasteiger partial charge in [-0.3, -0.25) is 0 Å². The molecule has 0 fully saturated rings. The molecule has 16 heavy (non-hydrogen) atoms. The van der Waals surface area contributed by atoms with Crippen molar-refractivity contribution in [1.82, 2.24) is 4.90 Å². The maximum atomic E-state index is 11.2. The predicted molar refractivity (Wildman–Crippen MR) is 64.3 cm³/mol. The lowest BCUT2D eigenvalue weighted by Crippen LogP contribution is -2.38. The van der Waals surface area contributed by atoms with Crippen LogP contribution in [0.5, 0.6) is 0 Å². The summed E-state index contributed by atoms with van der Waals surface area (Å²) in [6, 6.07) is 7.84. The van der Waals surface area contributed by atoms with E-state index in [0.717, 1.165) is 13.1 Å². The number of hydrogen-bond donors (Lipinski definition) is 1. The number of urea groups is 1. The Morgan fingerprint density at radius 2 is 2.12 bits per heavy atom. The molecule has 0 atom stereocenters. The molecule has 86 valence electrons. The van der Waals surface area contributed by atoms with Crippen LogP contribution in [0.3, 0.4) is 0 Å². The first-order valence-corrected chi connectivity index (χ1v) is 5.59. The lowest BCUT2D eigenvalue weighted by molar-refractivity contribution is 0.207. The number of fused-ring (bicyclic) bond motifs is 1. The van der Waals surface area contributed by atoms with Gasteiger partial charge in [-0.05, 0) is 18.6 Å². The summed E-state index contributed by atoms with van der Waals surface area (Å²) in [5, 5.41) is 0. The molecule has 1 aliphatic rings. The summed E-state index contributed by atoms with van der Waals surface area (Å²) < 4.78 is 0. The number of para-hydroxylation sites is 1. The van der Waals surface area contributed by atoms with Crippen LogP contribution in [-0.4, -0.2) is 30.6 Å². The van der Waals surface area contributed by atoms with Gasteiger partial charge in [0.1, 0.15) is 0 Å². The predicted octanol–water partition coefficient (Wildman–Crippen LogP) is 1.41. The molecule has 2 amide bonds. The Kier molecular flexibility index (Phi) is 2.99. The molecule has 0 aliphatic carbocycles. The molecule has 1 aromatic rings. The van der Waals surface area contributed by atoms with Gasteiger partial charge in [-0.2, -0.15) is 0 Å². The van der Waals surface area contributed by atoms with Crippen molar-refractivity contribution in [3.63, 3.8) is 0 Å². The molecule has 0 spiro atoms. The Morgan fingerprint density at radius 1 is 1.38 bits per heavy atom. The SMILES string of the molecule is CCN1CCN(C(N)=O)Cc2ccccc21. The second-order valence-electron chi connectivity index (χ2n) is 3.97. The van der Waals surface area contributed by atoms with E-state index in [1.54, 1.807) is 4.90 Å². The van der Waals surface area contributed by atoms with Crippen LogP contribution in [0.2, 0.25) is 0 Å². The fraction of sp³-hybridized carbons (Fsp3) is 0.417. The Hall–Kier alpha value is -1.71. The molecule has 1 heterocycles. The molecule has 2 N–H and O–H groups in total. The number of rotatable bonds is 1. The van der Waals surface area contributed by atoms with Crippen LogP contribution in [0.1, 0.15) is 12.5 Å². The number of primary amides is 1. The number of nitrogens with two attached hydrogens (primary N) is 1. The third-order valence-electron chi connectivity index (χ3n) is 3.03. The first-order valence-electron chi connectivity index (χ1n) is 5.59. The number of benzene rings is 1. The number of hydrogen-bond acceptors (Lipinski definition) is 2. The molecule has 2 rings (SSSR count). The summed E-state index contributed by atoms with van der Waals surface area (Å²) in [5.41, 5.74) is 7.73. The summed E-state index contributed by atoms with van der Waals surface area (Å²) >= 11 is 0. The van der Waals surface area contributed by atoms with Crippen molar-refractivity contribution in [1.29, 1.82) is 0 Å². The van der Waals surface area contributed by atoms with Gasteiger partial charge in [0, 0.05) is 31.9 Å². The highest BCUT2D eigenvalue weighted by atomic mass is 16.2. The van der Waals surface area contributed by atoms with Crippen molar-refractivity contribution in [2.75, 3.05) is 24.5 Å². The zero-order chi connectivity index (χ0) is 11.5. The molecule has 4 heteroatoms. The monoisotopic (exact) mass is 219 g/mol.